The van der Waals surface area contributed by atoms with Crippen LogP contribution in [0.4, 0.5) is 29.3 Å². The van der Waals surface area contributed by atoms with Gasteiger partial charge in [-0.25, -0.2) is 31.3 Å². The Hall–Kier alpha value is -7.57. The minimum Gasteiger partial charge on any atom is -0.391 e. The molecule has 4 saturated heterocycles. The molecule has 4 aliphatic heterocycles. The van der Waals surface area contributed by atoms with E-state index in [1.54, 1.807) is 33.9 Å². The van der Waals surface area contributed by atoms with Gasteiger partial charge in [0.25, 0.3) is 25.8 Å². The topological polar surface area (TPSA) is 254 Å². The molecular formula is C80H99ClF3N11O10S4. The van der Waals surface area contributed by atoms with Gasteiger partial charge in [-0.05, 0) is 165 Å². The number of urea groups is 1. The number of β-amino-alcohol motifs (C(OH)–C–C–N with tert-alkyl or cyclic N) is 1. The molecule has 586 valence electrons. The van der Waals surface area contributed by atoms with Gasteiger partial charge in [0, 0.05) is 136 Å². The van der Waals surface area contributed by atoms with Crippen molar-refractivity contribution in [2.45, 2.75) is 157 Å². The summed E-state index contributed by atoms with van der Waals surface area (Å²) in [5.74, 6) is -1.82. The Balaban J connectivity index is 0.616. The molecule has 5 fully saturated rings. The fraction of sp³-hybridized carbons (Fsp3) is 0.500. The molecule has 12 rings (SSSR count). The van der Waals surface area contributed by atoms with Crippen molar-refractivity contribution in [3.8, 4) is 10.4 Å². The highest BCUT2D eigenvalue weighted by Gasteiger charge is 2.52. The summed E-state index contributed by atoms with van der Waals surface area (Å²) in [6.45, 7) is 20.9. The number of alkyl halides is 3. The number of amides is 6. The number of likely N-dealkylation sites (tertiary alicyclic amines) is 2. The van der Waals surface area contributed by atoms with Crippen LogP contribution in [-0.4, -0.2) is 202 Å². The molecule has 1 aromatic heterocycles. The number of allylic oxidation sites excluding steroid dienone is 1. The predicted molar refractivity (Wildman–Crippen MR) is 420 cm³/mol. The maximum absolute atomic E-state index is 14.7. The smallest absolute Gasteiger partial charge is 0.391 e. The summed E-state index contributed by atoms with van der Waals surface area (Å²) in [6, 6.07) is 30.5. The number of carbonyl (C=O) groups excluding carboxylic acids is 5. The van der Waals surface area contributed by atoms with Gasteiger partial charge in [-0.3, -0.25) is 29.0 Å². The lowest BCUT2D eigenvalue weighted by atomic mass is 9.65. The third-order valence-electron chi connectivity index (χ3n) is 22.5. The second kappa shape index (κ2) is 33.4. The number of thioether (sulfide) groups is 1. The summed E-state index contributed by atoms with van der Waals surface area (Å²) in [7, 11) is -11.1. The van der Waals surface area contributed by atoms with E-state index in [2.05, 4.69) is 61.6 Å². The molecule has 1 spiro atoms. The Morgan fingerprint density at radius 1 is 0.780 bits per heavy atom. The number of hydrogen-bond donors (Lipinski definition) is 5. The number of anilines is 2. The Labute approximate surface area is 651 Å². The number of rotatable bonds is 23. The largest absolute Gasteiger partial charge is 0.501 e. The summed E-state index contributed by atoms with van der Waals surface area (Å²) in [5, 5.41) is 20.6. The van der Waals surface area contributed by atoms with Crippen molar-refractivity contribution in [3.63, 3.8) is 0 Å². The predicted octanol–water partition coefficient (Wildman–Crippen LogP) is 12.5. The second-order valence-electron chi connectivity index (χ2n) is 32.1. The van der Waals surface area contributed by atoms with Gasteiger partial charge in [-0.15, -0.1) is 23.1 Å². The Kier molecular flexibility index (Phi) is 24.8. The molecular weight excluding hydrogens is 1500 g/mol. The van der Waals surface area contributed by atoms with Crippen molar-refractivity contribution in [3.05, 3.63) is 160 Å². The van der Waals surface area contributed by atoms with Crippen molar-refractivity contribution in [2.24, 2.45) is 22.2 Å². The molecule has 6 amide bonds. The molecule has 5 heterocycles. The Morgan fingerprint density at radius 3 is 2.06 bits per heavy atom. The van der Waals surface area contributed by atoms with E-state index in [1.165, 1.54) is 45.5 Å². The first-order valence-electron chi connectivity index (χ1n) is 37.5. The molecule has 6 aromatic rings. The summed E-state index contributed by atoms with van der Waals surface area (Å²) in [5.41, 5.74) is 2.36. The quantitative estimate of drug-likeness (QED) is 0.0374. The zero-order valence-corrected chi connectivity index (χ0v) is 66.8. The number of thiazole rings is 1. The van der Waals surface area contributed by atoms with E-state index < -0.39 is 100 Å². The van der Waals surface area contributed by atoms with E-state index >= 15 is 0 Å². The zero-order valence-electron chi connectivity index (χ0n) is 62.7. The monoisotopic (exact) mass is 1590 g/mol. The van der Waals surface area contributed by atoms with E-state index in [0.717, 1.165) is 96.2 Å². The molecule has 6 aliphatic rings. The number of piperazine rings is 2. The number of aryl methyl sites for hydroxylation is 1. The average Bonchev–Trinajstić information content (AvgIpc) is 1.18. The molecule has 2 aliphatic carbocycles. The maximum Gasteiger partial charge on any atom is 0.501 e. The first kappa shape index (κ1) is 80.9. The van der Waals surface area contributed by atoms with E-state index in [9.17, 15) is 59.1 Å². The fourth-order valence-electron chi connectivity index (χ4n) is 16.0. The Bertz CT molecular complexity index is 4530. The molecule has 0 radical (unpaired) electrons. The maximum atomic E-state index is 14.7. The van der Waals surface area contributed by atoms with Crippen LogP contribution in [0.2, 0.25) is 5.02 Å². The molecule has 1 saturated carbocycles. The molecule has 21 nitrogen and oxygen atoms in total. The van der Waals surface area contributed by atoms with Crippen LogP contribution in [0.5, 0.6) is 0 Å². The first-order valence-corrected chi connectivity index (χ1v) is 42.7. The number of aromatic nitrogens is 1. The van der Waals surface area contributed by atoms with Crippen molar-refractivity contribution >= 4 is 101 Å². The molecule has 5 N–H and O–H groups in total. The molecule has 109 heavy (non-hydrogen) atoms. The number of aliphatic hydroxyl groups excluding tert-OH is 1. The van der Waals surface area contributed by atoms with E-state index in [1.807, 2.05) is 111 Å². The highest BCUT2D eigenvalue weighted by atomic mass is 35.5. The lowest BCUT2D eigenvalue weighted by Crippen LogP contribution is -2.65. The molecule has 5 aromatic carbocycles. The third-order valence-corrected chi connectivity index (χ3v) is 27.8. The number of sulfonamides is 1. The van der Waals surface area contributed by atoms with Gasteiger partial charge in [-0.2, -0.15) is 13.2 Å². The SMILES string of the molecule is Cc1ncsc1-c1ccc([C@H](C)NC(=O)[C@@H]2C[C@@H](O)CN2C(=O)[C@@H](NC(=O)N2CC3(CCC(C(=O)N4CCN(CC[C@H](CSc5ccccc5)Nc5ccc(S(=O)(=O)NC(=O)c6ccc(N7CCN(CC8=C(c9ccc(Cl)cc9)CCC(C)(C)C8)CC7)cc6)cc5S(=O)(=O)C(F)(F)F)CC4)CC3)C2)C(C)(C)C)cc1. The van der Waals surface area contributed by atoms with Crippen molar-refractivity contribution < 1.29 is 59.1 Å². The summed E-state index contributed by atoms with van der Waals surface area (Å²) in [4.78, 5) is 86.1. The number of nitrogens with zero attached hydrogens (tertiary/aromatic N) is 7. The van der Waals surface area contributed by atoms with Crippen LogP contribution in [0.3, 0.4) is 0 Å². The third kappa shape index (κ3) is 19.3. The average molecular weight is 1600 g/mol. The van der Waals surface area contributed by atoms with E-state index in [4.69, 9.17) is 11.6 Å². The van der Waals surface area contributed by atoms with Gasteiger partial charge in [0.1, 0.15) is 17.0 Å². The lowest BCUT2D eigenvalue weighted by Gasteiger charge is -2.53. The van der Waals surface area contributed by atoms with Crippen LogP contribution in [0, 0.1) is 29.1 Å². The summed E-state index contributed by atoms with van der Waals surface area (Å²) < 4.78 is 101. The van der Waals surface area contributed by atoms with E-state index in [-0.39, 0.29) is 46.9 Å². The van der Waals surface area contributed by atoms with Crippen LogP contribution < -0.4 is 25.6 Å². The molecule has 0 bridgehead atoms. The highest BCUT2D eigenvalue weighted by molar-refractivity contribution is 7.99. The minimum absolute atomic E-state index is 0.0383. The number of sulfone groups is 1. The first-order chi connectivity index (χ1) is 51.6. The van der Waals surface area contributed by atoms with Gasteiger partial charge >= 0.3 is 11.5 Å². The summed E-state index contributed by atoms with van der Waals surface area (Å²) in [6.07, 6.45) is 5.24. The van der Waals surface area contributed by atoms with Crippen LogP contribution in [-0.2, 0) is 34.2 Å². The van der Waals surface area contributed by atoms with E-state index in [0.29, 0.717) is 89.3 Å². The fourth-order valence-corrected chi connectivity index (χ4v) is 20.0. The van der Waals surface area contributed by atoms with Gasteiger partial charge < -0.3 is 40.7 Å². The zero-order chi connectivity index (χ0) is 78.0. The number of hydrogen-bond acceptors (Lipinski definition) is 17. The van der Waals surface area contributed by atoms with Gasteiger partial charge in [0.2, 0.25) is 17.7 Å². The van der Waals surface area contributed by atoms with Crippen LogP contribution >= 0.6 is 34.7 Å². The number of benzene rings is 5. The number of carbonyl (C=O) groups is 5. The lowest BCUT2D eigenvalue weighted by molar-refractivity contribution is -0.142. The molecule has 0 unspecified atom stereocenters. The molecule has 5 atom stereocenters. The van der Waals surface area contributed by atoms with Crippen molar-refractivity contribution in [1.29, 1.82) is 0 Å². The number of nitrogens with one attached hydrogen (secondary N) is 4. The molecule has 29 heteroatoms. The second-order valence-corrected chi connectivity index (χ2v) is 38.1. The van der Waals surface area contributed by atoms with Crippen LogP contribution in [0.15, 0.2) is 147 Å². The Morgan fingerprint density at radius 2 is 1.43 bits per heavy atom. The van der Waals surface area contributed by atoms with Crippen LogP contribution in [0.25, 0.3) is 16.0 Å². The van der Waals surface area contributed by atoms with Gasteiger partial charge in [-0.1, -0.05) is 106 Å². The van der Waals surface area contributed by atoms with Crippen LogP contribution in [0.1, 0.15) is 133 Å². The summed E-state index contributed by atoms with van der Waals surface area (Å²) >= 11 is 9.19. The van der Waals surface area contributed by atoms with Gasteiger partial charge in [0.15, 0.2) is 0 Å². The number of halogens is 4. The van der Waals surface area contributed by atoms with Gasteiger partial charge in [0.05, 0.1) is 38.8 Å². The highest BCUT2D eigenvalue weighted by Crippen LogP contribution is 2.47. The minimum atomic E-state index is -6.19. The van der Waals surface area contributed by atoms with Crippen molar-refractivity contribution in [2.75, 3.05) is 101 Å². The van der Waals surface area contributed by atoms with Crippen molar-refractivity contribution in [1.82, 2.24) is 44.8 Å². The normalized spacial score (nSPS) is 20.5. The standard InChI is InChI=1S/C80H99ClF3N11O10S4/c1-52(54-13-15-56(16-14-54)70-53(2)85-51-107-70)86-73(98)68-43-63(96)47-95(68)75(100)71(77(3,4)5)88-76(101)94-49-79(50-94)32-27-58(28-33-79)74(99)93-41-35-90(36-42-93)34-30-61(48-106-64-11-9-8-10-12-64)87-67-26-25-65(44-69(67)108(102,103)80(82,83)84)109(104,105)89-72(97)57-19-23-62(24-20-57)92-39-37-91(38-40-92)46-59-45-78(6,7)31-29-66(59)55-17-21-60(81)22-18-55/h8-26,44,51-52,58,61,63,68,71,87,96H,27-43,45-50H2,1-7H3,(H,86,98)(H,88,101)(H,89,97)/t52-,61+,63+,68-,71+/m0/s1. The number of aliphatic hydroxyl groups is 1.